The molecule has 0 bridgehead atoms. The Bertz CT molecular complexity index is 1300. The molecule has 0 spiro atoms. The number of carbonyl (C=O) groups is 1. The number of rotatable bonds is 4. The van der Waals surface area contributed by atoms with Gasteiger partial charge in [0, 0.05) is 43.3 Å². The molecule has 0 N–H and O–H groups in total. The molecule has 1 aliphatic rings. The van der Waals surface area contributed by atoms with Gasteiger partial charge in [0.2, 0.25) is 0 Å². The second-order valence-electron chi connectivity index (χ2n) is 7.68. The molecule has 9 heteroatoms. The van der Waals surface area contributed by atoms with Crippen molar-refractivity contribution in [2.75, 3.05) is 6.54 Å². The minimum absolute atomic E-state index is 0.0979. The van der Waals surface area contributed by atoms with Crippen molar-refractivity contribution in [2.24, 2.45) is 7.05 Å². The number of amides is 1. The van der Waals surface area contributed by atoms with E-state index in [9.17, 15) is 13.6 Å². The number of fused-ring (bicyclic) bond motifs is 1. The highest BCUT2D eigenvalue weighted by Crippen LogP contribution is 2.30. The van der Waals surface area contributed by atoms with Crippen LogP contribution in [0.5, 0.6) is 0 Å². The highest BCUT2D eigenvalue weighted by molar-refractivity contribution is 5.94. The fourth-order valence-corrected chi connectivity index (χ4v) is 3.95. The average Bonchev–Trinajstić information content (AvgIpc) is 3.40. The molecule has 2 aromatic heterocycles. The molecule has 1 aliphatic heterocycles. The molecule has 1 amide bonds. The third-order valence-corrected chi connectivity index (χ3v) is 5.57. The summed E-state index contributed by atoms with van der Waals surface area (Å²) in [5, 5.41) is 8.62. The zero-order valence-electron chi connectivity index (χ0n) is 17.3. The summed E-state index contributed by atoms with van der Waals surface area (Å²) in [4.78, 5) is 19.0. The van der Waals surface area contributed by atoms with Crippen LogP contribution >= 0.6 is 0 Å². The van der Waals surface area contributed by atoms with Crippen molar-refractivity contribution in [3.05, 3.63) is 88.4 Å². The van der Waals surface area contributed by atoms with Crippen LogP contribution in [-0.4, -0.2) is 37.3 Å². The molecule has 0 aliphatic carbocycles. The van der Waals surface area contributed by atoms with Crippen LogP contribution in [0.2, 0.25) is 0 Å². The van der Waals surface area contributed by atoms with Gasteiger partial charge in [-0.25, -0.2) is 8.78 Å². The first kappa shape index (κ1) is 20.0. The number of hydrogen-bond acceptors (Lipinski definition) is 5. The lowest BCUT2D eigenvalue weighted by molar-refractivity contribution is 0.0733. The minimum atomic E-state index is -1.05. The van der Waals surface area contributed by atoms with Gasteiger partial charge in [0.05, 0.1) is 6.54 Å². The standard InChI is InChI=1S/C23H19F2N5O2/c1-29-19-9-10-30(23(31)15-7-8-17(24)18(25)12-15)13-16(19)21(27-29)22-26-20(28-32-22)11-14-5-3-2-4-6-14/h2-8,12H,9-11,13H2,1H3. The summed E-state index contributed by atoms with van der Waals surface area (Å²) in [5.41, 5.74) is 3.46. The van der Waals surface area contributed by atoms with E-state index >= 15 is 0 Å². The Hall–Kier alpha value is -3.88. The Morgan fingerprint density at radius 3 is 2.72 bits per heavy atom. The second kappa shape index (κ2) is 7.99. The van der Waals surface area contributed by atoms with Crippen LogP contribution in [0.4, 0.5) is 8.78 Å². The van der Waals surface area contributed by atoms with Crippen molar-refractivity contribution in [3.63, 3.8) is 0 Å². The Morgan fingerprint density at radius 1 is 1.12 bits per heavy atom. The number of halogens is 2. The Labute approximate surface area is 182 Å². The lowest BCUT2D eigenvalue weighted by Crippen LogP contribution is -2.36. The molecular formula is C23H19F2N5O2. The van der Waals surface area contributed by atoms with Crippen LogP contribution in [0.15, 0.2) is 53.1 Å². The number of benzene rings is 2. The maximum atomic E-state index is 13.6. The summed E-state index contributed by atoms with van der Waals surface area (Å²) in [6.45, 7) is 0.694. The lowest BCUT2D eigenvalue weighted by Gasteiger charge is -2.27. The summed E-state index contributed by atoms with van der Waals surface area (Å²) in [7, 11) is 1.83. The van der Waals surface area contributed by atoms with E-state index in [-0.39, 0.29) is 23.9 Å². The number of carbonyl (C=O) groups excluding carboxylic acids is 1. The van der Waals surface area contributed by atoms with Crippen molar-refractivity contribution in [2.45, 2.75) is 19.4 Å². The predicted molar refractivity (Wildman–Crippen MR) is 111 cm³/mol. The number of aromatic nitrogens is 4. The predicted octanol–water partition coefficient (Wildman–Crippen LogP) is 3.54. The van der Waals surface area contributed by atoms with E-state index in [0.717, 1.165) is 29.0 Å². The van der Waals surface area contributed by atoms with E-state index in [4.69, 9.17) is 4.52 Å². The van der Waals surface area contributed by atoms with Crippen molar-refractivity contribution in [3.8, 4) is 11.6 Å². The summed E-state index contributed by atoms with van der Waals surface area (Å²) < 4.78 is 34.1. The molecule has 0 radical (unpaired) electrons. The second-order valence-corrected chi connectivity index (χ2v) is 7.68. The average molecular weight is 435 g/mol. The Morgan fingerprint density at radius 2 is 1.94 bits per heavy atom. The van der Waals surface area contributed by atoms with Gasteiger partial charge in [-0.15, -0.1) is 0 Å². The highest BCUT2D eigenvalue weighted by atomic mass is 19.2. The lowest BCUT2D eigenvalue weighted by atomic mass is 10.0. The smallest absolute Gasteiger partial charge is 0.278 e. The van der Waals surface area contributed by atoms with E-state index in [1.165, 1.54) is 6.07 Å². The van der Waals surface area contributed by atoms with E-state index in [1.54, 1.807) is 9.58 Å². The maximum Gasteiger partial charge on any atom is 0.278 e. The van der Waals surface area contributed by atoms with Gasteiger partial charge in [-0.2, -0.15) is 10.1 Å². The fourth-order valence-electron chi connectivity index (χ4n) is 3.95. The van der Waals surface area contributed by atoms with Crippen molar-refractivity contribution < 1.29 is 18.1 Å². The number of nitrogens with zero attached hydrogens (tertiary/aromatic N) is 5. The molecule has 5 rings (SSSR count). The molecular weight excluding hydrogens is 416 g/mol. The molecule has 0 unspecified atom stereocenters. The number of aryl methyl sites for hydroxylation is 1. The first-order valence-corrected chi connectivity index (χ1v) is 10.2. The van der Waals surface area contributed by atoms with Gasteiger partial charge in [0.1, 0.15) is 0 Å². The van der Waals surface area contributed by atoms with Gasteiger partial charge in [0.15, 0.2) is 23.2 Å². The Balaban J connectivity index is 1.41. The van der Waals surface area contributed by atoms with Crippen LogP contribution in [0, 0.1) is 11.6 Å². The molecule has 2 aromatic carbocycles. The van der Waals surface area contributed by atoms with Crippen LogP contribution in [0.25, 0.3) is 11.6 Å². The molecule has 0 saturated heterocycles. The van der Waals surface area contributed by atoms with Gasteiger partial charge >= 0.3 is 0 Å². The van der Waals surface area contributed by atoms with Crippen LogP contribution < -0.4 is 0 Å². The van der Waals surface area contributed by atoms with Crippen LogP contribution in [-0.2, 0) is 26.4 Å². The molecule has 7 nitrogen and oxygen atoms in total. The van der Waals surface area contributed by atoms with Gasteiger partial charge in [-0.05, 0) is 23.8 Å². The van der Waals surface area contributed by atoms with Crippen LogP contribution in [0.1, 0.15) is 33.0 Å². The molecule has 0 atom stereocenters. The van der Waals surface area contributed by atoms with Crippen molar-refractivity contribution in [1.29, 1.82) is 0 Å². The maximum absolute atomic E-state index is 13.6. The highest BCUT2D eigenvalue weighted by Gasteiger charge is 2.30. The van der Waals surface area contributed by atoms with Gasteiger partial charge in [0.25, 0.3) is 11.8 Å². The minimum Gasteiger partial charge on any atom is -0.334 e. The fraction of sp³-hybridized carbons (Fsp3) is 0.217. The third kappa shape index (κ3) is 3.66. The summed E-state index contributed by atoms with van der Waals surface area (Å²) in [6, 6.07) is 13.0. The number of hydrogen-bond donors (Lipinski definition) is 0. The normalized spacial score (nSPS) is 13.3. The van der Waals surface area contributed by atoms with Crippen LogP contribution in [0.3, 0.4) is 0 Å². The van der Waals surface area contributed by atoms with Gasteiger partial charge in [-0.1, -0.05) is 35.5 Å². The van der Waals surface area contributed by atoms with Gasteiger partial charge in [-0.3, -0.25) is 9.48 Å². The largest absolute Gasteiger partial charge is 0.334 e. The first-order valence-electron chi connectivity index (χ1n) is 10.2. The molecule has 162 valence electrons. The zero-order chi connectivity index (χ0) is 22.2. The SMILES string of the molecule is Cn1nc(-c2nc(Cc3ccccc3)no2)c2c1CCN(C(=O)c1ccc(F)c(F)c1)C2. The van der Waals surface area contributed by atoms with Crippen molar-refractivity contribution >= 4 is 5.91 Å². The third-order valence-electron chi connectivity index (χ3n) is 5.57. The summed E-state index contributed by atoms with van der Waals surface area (Å²) >= 11 is 0. The van der Waals surface area contributed by atoms with E-state index in [1.807, 2.05) is 37.4 Å². The zero-order valence-corrected chi connectivity index (χ0v) is 17.3. The monoisotopic (exact) mass is 435 g/mol. The molecule has 0 fully saturated rings. The quantitative estimate of drug-likeness (QED) is 0.490. The summed E-state index contributed by atoms with van der Waals surface area (Å²) in [6.07, 6.45) is 1.10. The topological polar surface area (TPSA) is 77.1 Å². The van der Waals surface area contributed by atoms with Crippen molar-refractivity contribution in [1.82, 2.24) is 24.8 Å². The van der Waals surface area contributed by atoms with E-state index in [2.05, 4.69) is 15.2 Å². The summed E-state index contributed by atoms with van der Waals surface area (Å²) in [5.74, 6) is -1.59. The van der Waals surface area contributed by atoms with E-state index in [0.29, 0.717) is 30.9 Å². The molecule has 32 heavy (non-hydrogen) atoms. The molecule has 0 saturated carbocycles. The van der Waals surface area contributed by atoms with E-state index < -0.39 is 11.6 Å². The Kier molecular flexibility index (Phi) is 5.01. The molecule has 3 heterocycles. The first-order chi connectivity index (χ1) is 15.5. The van der Waals surface area contributed by atoms with Gasteiger partial charge < -0.3 is 9.42 Å². The molecule has 4 aromatic rings.